The number of hydrogen-bond donors (Lipinski definition) is 3. The minimum atomic E-state index is -3.84. The Labute approximate surface area is 198 Å². The van der Waals surface area contributed by atoms with Gasteiger partial charge in [-0.2, -0.15) is 0 Å². The predicted molar refractivity (Wildman–Crippen MR) is 131 cm³/mol. The number of aryl methyl sites for hydroxylation is 1. The van der Waals surface area contributed by atoms with Crippen LogP contribution >= 0.6 is 11.6 Å². The number of sulfonamides is 2. The summed E-state index contributed by atoms with van der Waals surface area (Å²) in [6.45, 7) is 3.34. The van der Waals surface area contributed by atoms with Gasteiger partial charge in [0.25, 0.3) is 15.9 Å². The van der Waals surface area contributed by atoms with Gasteiger partial charge in [0.15, 0.2) is 0 Å². The first-order valence-corrected chi connectivity index (χ1v) is 13.3. The number of halogens is 1. The molecule has 3 rings (SSSR count). The molecule has 0 aliphatic heterocycles. The van der Waals surface area contributed by atoms with E-state index >= 15 is 0 Å². The molecule has 0 aliphatic carbocycles. The molecule has 3 N–H and O–H groups in total. The van der Waals surface area contributed by atoms with Gasteiger partial charge in [0.2, 0.25) is 10.0 Å². The van der Waals surface area contributed by atoms with E-state index in [1.807, 2.05) is 6.92 Å². The first-order valence-electron chi connectivity index (χ1n) is 9.80. The van der Waals surface area contributed by atoms with Gasteiger partial charge in [-0.25, -0.2) is 16.8 Å². The Bertz CT molecular complexity index is 1370. The quantitative estimate of drug-likeness (QED) is 0.415. The molecule has 33 heavy (non-hydrogen) atoms. The summed E-state index contributed by atoms with van der Waals surface area (Å²) >= 11 is 6.05. The number of carbonyl (C=O) groups excluding carboxylic acids is 1. The highest BCUT2D eigenvalue weighted by atomic mass is 35.5. The van der Waals surface area contributed by atoms with E-state index in [4.69, 9.17) is 11.6 Å². The maximum Gasteiger partial charge on any atom is 0.261 e. The molecule has 0 aliphatic rings. The SMILES string of the molecule is CCS(=O)(=O)Nc1ccc(C(=O)Nc2ccc(S(=O)(=O)Nc3ccc(C)c(Cl)c3)cc2)cc1. The molecular formula is C22H22ClN3O5S2. The molecule has 11 heteroatoms. The lowest BCUT2D eigenvalue weighted by Crippen LogP contribution is -2.15. The van der Waals surface area contributed by atoms with Gasteiger partial charge >= 0.3 is 0 Å². The van der Waals surface area contributed by atoms with Gasteiger partial charge in [-0.3, -0.25) is 14.2 Å². The molecule has 0 unspecified atom stereocenters. The zero-order chi connectivity index (χ0) is 24.2. The van der Waals surface area contributed by atoms with Crippen molar-refractivity contribution in [1.82, 2.24) is 0 Å². The summed E-state index contributed by atoms with van der Waals surface area (Å²) in [6, 6.07) is 16.5. The fraction of sp³-hybridized carbons (Fsp3) is 0.136. The molecule has 0 atom stereocenters. The molecule has 0 heterocycles. The first kappa shape index (κ1) is 24.6. The molecule has 0 fully saturated rings. The van der Waals surface area contributed by atoms with E-state index in [2.05, 4.69) is 14.8 Å². The molecule has 0 bridgehead atoms. The topological polar surface area (TPSA) is 121 Å². The zero-order valence-corrected chi connectivity index (χ0v) is 20.2. The fourth-order valence-corrected chi connectivity index (χ4v) is 4.60. The Morgan fingerprint density at radius 3 is 1.97 bits per heavy atom. The monoisotopic (exact) mass is 507 g/mol. The van der Waals surface area contributed by atoms with Gasteiger partial charge in [0.1, 0.15) is 0 Å². The highest BCUT2D eigenvalue weighted by Gasteiger charge is 2.15. The smallest absolute Gasteiger partial charge is 0.261 e. The van der Waals surface area contributed by atoms with Gasteiger partial charge in [-0.05, 0) is 80.1 Å². The average molecular weight is 508 g/mol. The van der Waals surface area contributed by atoms with Gasteiger partial charge in [-0.15, -0.1) is 0 Å². The van der Waals surface area contributed by atoms with Crippen LogP contribution in [0.5, 0.6) is 0 Å². The van der Waals surface area contributed by atoms with E-state index in [0.717, 1.165) is 5.56 Å². The van der Waals surface area contributed by atoms with Crippen LogP contribution in [0.2, 0.25) is 5.02 Å². The van der Waals surface area contributed by atoms with E-state index in [1.54, 1.807) is 12.1 Å². The van der Waals surface area contributed by atoms with Gasteiger partial charge in [0, 0.05) is 22.0 Å². The van der Waals surface area contributed by atoms with E-state index < -0.39 is 26.0 Å². The molecular weight excluding hydrogens is 486 g/mol. The molecule has 8 nitrogen and oxygen atoms in total. The number of hydrogen-bond acceptors (Lipinski definition) is 5. The van der Waals surface area contributed by atoms with Crippen molar-refractivity contribution in [2.75, 3.05) is 20.5 Å². The lowest BCUT2D eigenvalue weighted by Gasteiger charge is -2.11. The molecule has 3 aromatic carbocycles. The number of rotatable bonds is 8. The lowest BCUT2D eigenvalue weighted by molar-refractivity contribution is 0.102. The van der Waals surface area contributed by atoms with Crippen LogP contribution in [0.4, 0.5) is 17.1 Å². The third-order valence-corrected chi connectivity index (χ3v) is 7.76. The van der Waals surface area contributed by atoms with E-state index in [0.29, 0.717) is 27.6 Å². The Kier molecular flexibility index (Phi) is 7.31. The van der Waals surface area contributed by atoms with Crippen LogP contribution in [0.15, 0.2) is 71.6 Å². The van der Waals surface area contributed by atoms with Crippen molar-refractivity contribution < 1.29 is 21.6 Å². The summed E-state index contributed by atoms with van der Waals surface area (Å²) < 4.78 is 53.3. The largest absolute Gasteiger partial charge is 0.322 e. The number of nitrogens with one attached hydrogen (secondary N) is 3. The van der Waals surface area contributed by atoms with E-state index in [1.165, 1.54) is 61.5 Å². The molecule has 0 aromatic heterocycles. The molecule has 0 radical (unpaired) electrons. The summed E-state index contributed by atoms with van der Waals surface area (Å²) in [5.74, 6) is -0.488. The first-order chi connectivity index (χ1) is 15.5. The lowest BCUT2D eigenvalue weighted by atomic mass is 10.2. The van der Waals surface area contributed by atoms with Crippen molar-refractivity contribution in [2.45, 2.75) is 18.7 Å². The number of anilines is 3. The summed E-state index contributed by atoms with van der Waals surface area (Å²) in [5.41, 5.74) is 2.23. The summed E-state index contributed by atoms with van der Waals surface area (Å²) in [4.78, 5) is 12.5. The second kappa shape index (κ2) is 9.82. The van der Waals surface area contributed by atoms with E-state index in [9.17, 15) is 21.6 Å². The Balaban J connectivity index is 1.67. The standard InChI is InChI=1S/C22H22ClN3O5S2/c1-3-32(28,29)25-18-8-5-16(6-9-18)22(27)24-17-10-12-20(13-11-17)33(30,31)26-19-7-4-15(2)21(23)14-19/h4-14,25-26H,3H2,1-2H3,(H,24,27). The normalized spacial score (nSPS) is 11.6. The van der Waals surface area contributed by atoms with Crippen LogP contribution in [0.3, 0.4) is 0 Å². The summed E-state index contributed by atoms with van der Waals surface area (Å²) in [7, 11) is -7.25. The summed E-state index contributed by atoms with van der Waals surface area (Å²) in [5, 5.41) is 3.12. The number of benzene rings is 3. The Hall–Kier alpha value is -3.08. The molecule has 0 saturated carbocycles. The van der Waals surface area contributed by atoms with Crippen molar-refractivity contribution in [3.05, 3.63) is 82.9 Å². The maximum atomic E-state index is 12.6. The predicted octanol–water partition coefficient (Wildman–Crippen LogP) is 4.46. The van der Waals surface area contributed by atoms with Crippen LogP contribution in [-0.4, -0.2) is 28.5 Å². The van der Waals surface area contributed by atoms with Gasteiger partial charge < -0.3 is 5.32 Å². The van der Waals surface area contributed by atoms with Crippen molar-refractivity contribution in [3.8, 4) is 0 Å². The van der Waals surface area contributed by atoms with Crippen molar-refractivity contribution >= 4 is 54.6 Å². The Morgan fingerprint density at radius 2 is 1.39 bits per heavy atom. The van der Waals surface area contributed by atoms with Crippen LogP contribution in [0.25, 0.3) is 0 Å². The van der Waals surface area contributed by atoms with Crippen molar-refractivity contribution in [3.63, 3.8) is 0 Å². The highest BCUT2D eigenvalue weighted by molar-refractivity contribution is 7.93. The van der Waals surface area contributed by atoms with E-state index in [-0.39, 0.29) is 10.6 Å². The molecule has 174 valence electrons. The molecule has 1 amide bonds. The number of amides is 1. The second-order valence-corrected chi connectivity index (χ2v) is 11.2. The van der Waals surface area contributed by atoms with Crippen LogP contribution in [-0.2, 0) is 20.0 Å². The summed E-state index contributed by atoms with van der Waals surface area (Å²) in [6.07, 6.45) is 0. The molecule has 3 aromatic rings. The third-order valence-electron chi connectivity index (χ3n) is 4.65. The second-order valence-electron chi connectivity index (χ2n) is 7.13. The zero-order valence-electron chi connectivity index (χ0n) is 17.8. The minimum absolute atomic E-state index is 0.0183. The average Bonchev–Trinajstić information content (AvgIpc) is 2.77. The minimum Gasteiger partial charge on any atom is -0.322 e. The van der Waals surface area contributed by atoms with Gasteiger partial charge in [-0.1, -0.05) is 17.7 Å². The third kappa shape index (κ3) is 6.47. The number of carbonyl (C=O) groups is 1. The van der Waals surface area contributed by atoms with Crippen molar-refractivity contribution in [2.24, 2.45) is 0 Å². The maximum absolute atomic E-state index is 12.6. The van der Waals surface area contributed by atoms with Crippen LogP contribution in [0.1, 0.15) is 22.8 Å². The fourth-order valence-electron chi connectivity index (χ4n) is 2.73. The van der Waals surface area contributed by atoms with Gasteiger partial charge in [0.05, 0.1) is 16.3 Å². The highest BCUT2D eigenvalue weighted by Crippen LogP contribution is 2.23. The van der Waals surface area contributed by atoms with Crippen LogP contribution in [0, 0.1) is 6.92 Å². The molecule has 0 spiro atoms. The van der Waals surface area contributed by atoms with Crippen LogP contribution < -0.4 is 14.8 Å². The Morgan fingerprint density at radius 1 is 0.818 bits per heavy atom. The van der Waals surface area contributed by atoms with Crippen molar-refractivity contribution in [1.29, 1.82) is 0 Å². The molecule has 0 saturated heterocycles.